The lowest BCUT2D eigenvalue weighted by Crippen LogP contribution is -2.49. The van der Waals surface area contributed by atoms with Gasteiger partial charge in [0.25, 0.3) is 5.91 Å². The van der Waals surface area contributed by atoms with Gasteiger partial charge in [-0.05, 0) is 65.4 Å². The van der Waals surface area contributed by atoms with Gasteiger partial charge in [0.1, 0.15) is 6.54 Å². The number of nitrogens with zero attached hydrogens (tertiary/aromatic N) is 2. The number of furan rings is 1. The van der Waals surface area contributed by atoms with Crippen molar-refractivity contribution in [2.24, 2.45) is 0 Å². The third kappa shape index (κ3) is 4.83. The fraction of sp³-hybridized carbons (Fsp3) is 0.429. The average Bonchev–Trinajstić information content (AvgIpc) is 3.52. The molecule has 180 valence electrons. The molecule has 2 aromatic heterocycles. The molecule has 2 amide bonds. The van der Waals surface area contributed by atoms with Gasteiger partial charge in [0.15, 0.2) is 5.76 Å². The summed E-state index contributed by atoms with van der Waals surface area (Å²) in [6.07, 6.45) is 3.08. The van der Waals surface area contributed by atoms with E-state index >= 15 is 0 Å². The Labute approximate surface area is 206 Å². The summed E-state index contributed by atoms with van der Waals surface area (Å²) in [6.45, 7) is 11.3. The van der Waals surface area contributed by atoms with Crippen LogP contribution in [0.1, 0.15) is 79.2 Å². The summed E-state index contributed by atoms with van der Waals surface area (Å²) in [5.41, 5.74) is 3.63. The molecule has 1 aliphatic heterocycles. The van der Waals surface area contributed by atoms with Crippen LogP contribution in [0.25, 0.3) is 0 Å². The summed E-state index contributed by atoms with van der Waals surface area (Å²) in [5.74, 6) is -0.0184. The van der Waals surface area contributed by atoms with Crippen LogP contribution in [-0.4, -0.2) is 40.7 Å². The molecule has 0 saturated carbocycles. The lowest BCUT2D eigenvalue weighted by Gasteiger charge is -2.38. The van der Waals surface area contributed by atoms with Crippen LogP contribution in [0.2, 0.25) is 0 Å². The molecule has 6 heteroatoms. The van der Waals surface area contributed by atoms with Gasteiger partial charge in [0.2, 0.25) is 5.91 Å². The van der Waals surface area contributed by atoms with Crippen molar-refractivity contribution in [1.29, 1.82) is 0 Å². The highest BCUT2D eigenvalue weighted by atomic mass is 32.1. The first-order valence-electron chi connectivity index (χ1n) is 12.0. The van der Waals surface area contributed by atoms with Crippen molar-refractivity contribution in [3.8, 4) is 0 Å². The lowest BCUT2D eigenvalue weighted by molar-refractivity contribution is -0.134. The number of carbonyl (C=O) groups is 2. The first kappa shape index (κ1) is 24.3. The van der Waals surface area contributed by atoms with Crippen LogP contribution in [0.3, 0.4) is 0 Å². The van der Waals surface area contributed by atoms with E-state index in [9.17, 15) is 9.59 Å². The molecule has 3 aromatic rings. The molecule has 0 bridgehead atoms. The van der Waals surface area contributed by atoms with Crippen LogP contribution < -0.4 is 0 Å². The van der Waals surface area contributed by atoms with Crippen LogP contribution in [0.4, 0.5) is 0 Å². The maximum absolute atomic E-state index is 13.7. The Hall–Kier alpha value is -2.86. The molecule has 0 fully saturated rings. The SMILES string of the molecule is CCC(C)N(CC(=O)N1CCc2sccc2C1c1ccc(C(C)(C)C)cc1)C(=O)c1ccco1. The number of carbonyl (C=O) groups excluding carboxylic acids is 2. The summed E-state index contributed by atoms with van der Waals surface area (Å²) >= 11 is 1.76. The zero-order valence-electron chi connectivity index (χ0n) is 20.7. The molecule has 4 rings (SSSR count). The molecule has 2 unspecified atom stereocenters. The highest BCUT2D eigenvalue weighted by Crippen LogP contribution is 2.38. The number of hydrogen-bond donors (Lipinski definition) is 0. The summed E-state index contributed by atoms with van der Waals surface area (Å²) < 4.78 is 5.35. The van der Waals surface area contributed by atoms with Gasteiger partial charge < -0.3 is 14.2 Å². The van der Waals surface area contributed by atoms with Crippen LogP contribution in [0, 0.1) is 0 Å². The van der Waals surface area contributed by atoms with Gasteiger partial charge >= 0.3 is 0 Å². The van der Waals surface area contributed by atoms with E-state index in [4.69, 9.17) is 4.42 Å². The molecule has 0 saturated heterocycles. The standard InChI is InChI=1S/C28H34N2O3S/c1-6-19(2)30(27(32)23-8-7-16-33-23)18-25(31)29-15-13-24-22(14-17-34-24)26(29)20-9-11-21(12-10-20)28(3,4)5/h7-12,14,16-17,19,26H,6,13,15,18H2,1-5H3. The molecule has 34 heavy (non-hydrogen) atoms. The number of hydrogen-bond acceptors (Lipinski definition) is 4. The average molecular weight is 479 g/mol. The third-order valence-corrected chi connectivity index (χ3v) is 7.80. The zero-order chi connectivity index (χ0) is 24.5. The number of rotatable bonds is 6. The topological polar surface area (TPSA) is 53.8 Å². The Bertz CT molecular complexity index is 1130. The normalized spacial score (nSPS) is 16.7. The first-order valence-corrected chi connectivity index (χ1v) is 12.9. The van der Waals surface area contributed by atoms with Crippen molar-refractivity contribution in [3.05, 3.63) is 81.4 Å². The maximum Gasteiger partial charge on any atom is 0.290 e. The van der Waals surface area contributed by atoms with E-state index in [1.165, 1.54) is 22.3 Å². The van der Waals surface area contributed by atoms with Crippen molar-refractivity contribution < 1.29 is 14.0 Å². The molecule has 5 nitrogen and oxygen atoms in total. The van der Waals surface area contributed by atoms with E-state index in [-0.39, 0.29) is 41.6 Å². The Morgan fingerprint density at radius 1 is 1.18 bits per heavy atom. The van der Waals surface area contributed by atoms with E-state index in [0.717, 1.165) is 18.4 Å². The minimum atomic E-state index is -0.244. The Morgan fingerprint density at radius 3 is 2.53 bits per heavy atom. The van der Waals surface area contributed by atoms with Gasteiger partial charge in [0.05, 0.1) is 12.3 Å². The number of amides is 2. The molecule has 0 N–H and O–H groups in total. The minimum Gasteiger partial charge on any atom is -0.459 e. The van der Waals surface area contributed by atoms with Gasteiger partial charge in [0, 0.05) is 17.5 Å². The largest absolute Gasteiger partial charge is 0.459 e. The van der Waals surface area contributed by atoms with E-state index in [1.54, 1.807) is 28.4 Å². The molecule has 3 heterocycles. The molecule has 2 atom stereocenters. The quantitative estimate of drug-likeness (QED) is 0.433. The number of fused-ring (bicyclic) bond motifs is 1. The van der Waals surface area contributed by atoms with Crippen LogP contribution >= 0.6 is 11.3 Å². The molecular weight excluding hydrogens is 444 g/mol. The fourth-order valence-electron chi connectivity index (χ4n) is 4.54. The van der Waals surface area contributed by atoms with E-state index < -0.39 is 0 Å². The predicted octanol–water partition coefficient (Wildman–Crippen LogP) is 6.05. The molecular formula is C28H34N2O3S. The van der Waals surface area contributed by atoms with Crippen LogP contribution in [0.5, 0.6) is 0 Å². The second kappa shape index (κ2) is 9.79. The molecule has 0 aliphatic carbocycles. The monoisotopic (exact) mass is 478 g/mol. The predicted molar refractivity (Wildman–Crippen MR) is 136 cm³/mol. The maximum atomic E-state index is 13.7. The molecule has 0 spiro atoms. The Balaban J connectivity index is 1.64. The van der Waals surface area contributed by atoms with Crippen molar-refractivity contribution >= 4 is 23.2 Å². The number of benzene rings is 1. The molecule has 1 aliphatic rings. The van der Waals surface area contributed by atoms with Crippen molar-refractivity contribution in [3.63, 3.8) is 0 Å². The van der Waals surface area contributed by atoms with E-state index in [0.29, 0.717) is 6.54 Å². The summed E-state index contributed by atoms with van der Waals surface area (Å²) in [6, 6.07) is 13.9. The fourth-order valence-corrected chi connectivity index (χ4v) is 5.44. The summed E-state index contributed by atoms with van der Waals surface area (Å²) in [4.78, 5) is 31.8. The summed E-state index contributed by atoms with van der Waals surface area (Å²) in [7, 11) is 0. The molecule has 0 radical (unpaired) electrons. The van der Waals surface area contributed by atoms with E-state index in [2.05, 4.69) is 56.5 Å². The number of thiophene rings is 1. The van der Waals surface area contributed by atoms with Gasteiger partial charge in [-0.2, -0.15) is 0 Å². The second-order valence-corrected chi connectivity index (χ2v) is 11.1. The molecule has 1 aromatic carbocycles. The van der Waals surface area contributed by atoms with Crippen LogP contribution in [0.15, 0.2) is 58.5 Å². The van der Waals surface area contributed by atoms with Crippen LogP contribution in [-0.2, 0) is 16.6 Å². The van der Waals surface area contributed by atoms with E-state index in [1.807, 2.05) is 18.7 Å². The Morgan fingerprint density at radius 2 is 1.91 bits per heavy atom. The van der Waals surface area contributed by atoms with Gasteiger partial charge in [-0.15, -0.1) is 11.3 Å². The highest BCUT2D eigenvalue weighted by Gasteiger charge is 2.35. The Kier molecular flexibility index (Phi) is 6.99. The third-order valence-electron chi connectivity index (χ3n) is 6.80. The highest BCUT2D eigenvalue weighted by molar-refractivity contribution is 7.10. The van der Waals surface area contributed by atoms with Gasteiger partial charge in [-0.1, -0.05) is 52.0 Å². The van der Waals surface area contributed by atoms with Crippen molar-refractivity contribution in [2.45, 2.75) is 65.0 Å². The first-order chi connectivity index (χ1) is 16.2. The summed E-state index contributed by atoms with van der Waals surface area (Å²) in [5, 5.41) is 2.11. The van der Waals surface area contributed by atoms with Gasteiger partial charge in [-0.3, -0.25) is 9.59 Å². The minimum absolute atomic E-state index is 0.0323. The van der Waals surface area contributed by atoms with Crippen molar-refractivity contribution in [1.82, 2.24) is 9.80 Å². The smallest absolute Gasteiger partial charge is 0.290 e. The lowest BCUT2D eigenvalue weighted by atomic mass is 9.85. The zero-order valence-corrected chi connectivity index (χ0v) is 21.5. The second-order valence-electron chi connectivity index (χ2n) is 10.1. The van der Waals surface area contributed by atoms with Crippen molar-refractivity contribution in [2.75, 3.05) is 13.1 Å². The van der Waals surface area contributed by atoms with Gasteiger partial charge in [-0.25, -0.2) is 0 Å².